The average molecular weight is 221 g/mol. The van der Waals surface area contributed by atoms with Gasteiger partial charge in [0.15, 0.2) is 0 Å². The van der Waals surface area contributed by atoms with Crippen molar-refractivity contribution in [2.75, 3.05) is 25.1 Å². The third-order valence-corrected chi connectivity index (χ3v) is 3.22. The van der Waals surface area contributed by atoms with Crippen LogP contribution < -0.4 is 4.90 Å². The van der Waals surface area contributed by atoms with Crippen molar-refractivity contribution in [1.29, 1.82) is 0 Å². The van der Waals surface area contributed by atoms with Crippen LogP contribution in [0.2, 0.25) is 0 Å². The van der Waals surface area contributed by atoms with Gasteiger partial charge in [-0.25, -0.2) is 0 Å². The highest BCUT2D eigenvalue weighted by Gasteiger charge is 2.21. The second-order valence-corrected chi connectivity index (χ2v) is 4.36. The Morgan fingerprint density at radius 3 is 2.56 bits per heavy atom. The number of aliphatic hydroxyl groups excluding tert-OH is 1. The number of benzene rings is 1. The SMILES string of the molecule is COC1CCN(c2ccc([C@@H](C)O)cc2)C1. The summed E-state index contributed by atoms with van der Waals surface area (Å²) in [6.45, 7) is 3.79. The molecular weight excluding hydrogens is 202 g/mol. The standard InChI is InChI=1S/C13H19NO2/c1-10(15)11-3-5-12(6-4-11)14-8-7-13(9-14)16-2/h3-6,10,13,15H,7-9H2,1-2H3/t10-,13?/m1/s1. The van der Waals surface area contributed by atoms with Crippen molar-refractivity contribution < 1.29 is 9.84 Å². The van der Waals surface area contributed by atoms with Gasteiger partial charge in [0.2, 0.25) is 0 Å². The molecule has 2 rings (SSSR count). The molecule has 1 aromatic carbocycles. The van der Waals surface area contributed by atoms with Crippen molar-refractivity contribution in [2.24, 2.45) is 0 Å². The third kappa shape index (κ3) is 2.36. The van der Waals surface area contributed by atoms with E-state index in [1.54, 1.807) is 14.0 Å². The van der Waals surface area contributed by atoms with E-state index in [2.05, 4.69) is 17.0 Å². The maximum atomic E-state index is 9.43. The van der Waals surface area contributed by atoms with E-state index in [1.807, 2.05) is 12.1 Å². The Balaban J connectivity index is 2.05. The molecule has 0 spiro atoms. The summed E-state index contributed by atoms with van der Waals surface area (Å²) >= 11 is 0. The summed E-state index contributed by atoms with van der Waals surface area (Å²) in [5.41, 5.74) is 2.18. The highest BCUT2D eigenvalue weighted by Crippen LogP contribution is 2.23. The minimum absolute atomic E-state index is 0.358. The monoisotopic (exact) mass is 221 g/mol. The van der Waals surface area contributed by atoms with Gasteiger partial charge in [-0.2, -0.15) is 0 Å². The largest absolute Gasteiger partial charge is 0.389 e. The summed E-state index contributed by atoms with van der Waals surface area (Å²) in [6, 6.07) is 8.11. The molecule has 0 radical (unpaired) electrons. The lowest BCUT2D eigenvalue weighted by molar-refractivity contribution is 0.121. The zero-order valence-electron chi connectivity index (χ0n) is 9.89. The molecule has 0 aromatic heterocycles. The minimum atomic E-state index is -0.389. The lowest BCUT2D eigenvalue weighted by Gasteiger charge is -2.19. The number of nitrogens with zero attached hydrogens (tertiary/aromatic N) is 1. The summed E-state index contributed by atoms with van der Waals surface area (Å²) in [6.07, 6.45) is 1.06. The molecule has 0 amide bonds. The molecule has 88 valence electrons. The van der Waals surface area contributed by atoms with Crippen LogP contribution >= 0.6 is 0 Å². The molecule has 0 aliphatic carbocycles. The van der Waals surface area contributed by atoms with E-state index in [9.17, 15) is 5.11 Å². The van der Waals surface area contributed by atoms with Crippen LogP contribution in [0.3, 0.4) is 0 Å². The Labute approximate surface area is 96.6 Å². The van der Waals surface area contributed by atoms with Crippen LogP contribution in [0.5, 0.6) is 0 Å². The first kappa shape index (κ1) is 11.4. The molecular formula is C13H19NO2. The molecule has 1 saturated heterocycles. The fraction of sp³-hybridized carbons (Fsp3) is 0.538. The molecule has 1 aliphatic rings. The lowest BCUT2D eigenvalue weighted by Crippen LogP contribution is -2.22. The zero-order valence-corrected chi connectivity index (χ0v) is 9.89. The first-order chi connectivity index (χ1) is 7.70. The van der Waals surface area contributed by atoms with Crippen molar-refractivity contribution >= 4 is 5.69 Å². The number of ether oxygens (including phenoxy) is 1. The smallest absolute Gasteiger partial charge is 0.0762 e. The molecule has 0 bridgehead atoms. The first-order valence-corrected chi connectivity index (χ1v) is 5.76. The number of aliphatic hydroxyl groups is 1. The molecule has 1 aliphatic heterocycles. The topological polar surface area (TPSA) is 32.7 Å². The van der Waals surface area contributed by atoms with Gasteiger partial charge >= 0.3 is 0 Å². The second-order valence-electron chi connectivity index (χ2n) is 4.36. The van der Waals surface area contributed by atoms with E-state index in [4.69, 9.17) is 4.74 Å². The normalized spacial score (nSPS) is 22.4. The number of hydrogen-bond acceptors (Lipinski definition) is 3. The molecule has 1 N–H and O–H groups in total. The molecule has 2 atom stereocenters. The van der Waals surface area contributed by atoms with Crippen LogP contribution in [-0.2, 0) is 4.74 Å². The van der Waals surface area contributed by atoms with E-state index in [-0.39, 0.29) is 6.10 Å². The van der Waals surface area contributed by atoms with Gasteiger partial charge in [0.25, 0.3) is 0 Å². The number of hydrogen-bond donors (Lipinski definition) is 1. The predicted molar refractivity (Wildman–Crippen MR) is 64.7 cm³/mol. The van der Waals surface area contributed by atoms with Crippen LogP contribution in [0, 0.1) is 0 Å². The molecule has 1 aromatic rings. The summed E-state index contributed by atoms with van der Waals surface area (Å²) in [5, 5.41) is 9.43. The minimum Gasteiger partial charge on any atom is -0.389 e. The van der Waals surface area contributed by atoms with E-state index in [0.717, 1.165) is 25.1 Å². The lowest BCUT2D eigenvalue weighted by atomic mass is 10.1. The van der Waals surface area contributed by atoms with Crippen LogP contribution in [-0.4, -0.2) is 31.4 Å². The zero-order chi connectivity index (χ0) is 11.5. The van der Waals surface area contributed by atoms with Gasteiger partial charge in [0.1, 0.15) is 0 Å². The molecule has 16 heavy (non-hydrogen) atoms. The van der Waals surface area contributed by atoms with Crippen LogP contribution in [0.25, 0.3) is 0 Å². The van der Waals surface area contributed by atoms with Crippen molar-refractivity contribution in [3.63, 3.8) is 0 Å². The number of anilines is 1. The van der Waals surface area contributed by atoms with Crippen molar-refractivity contribution in [1.82, 2.24) is 0 Å². The van der Waals surface area contributed by atoms with Gasteiger partial charge in [-0.15, -0.1) is 0 Å². The fourth-order valence-electron chi connectivity index (χ4n) is 2.12. The summed E-state index contributed by atoms with van der Waals surface area (Å²) in [7, 11) is 1.77. The maximum Gasteiger partial charge on any atom is 0.0762 e. The highest BCUT2D eigenvalue weighted by atomic mass is 16.5. The van der Waals surface area contributed by atoms with Crippen LogP contribution in [0.15, 0.2) is 24.3 Å². The Morgan fingerprint density at radius 2 is 2.06 bits per heavy atom. The van der Waals surface area contributed by atoms with Crippen LogP contribution in [0.4, 0.5) is 5.69 Å². The quantitative estimate of drug-likeness (QED) is 0.847. The summed E-state index contributed by atoms with van der Waals surface area (Å²) in [5.74, 6) is 0. The molecule has 1 unspecified atom stereocenters. The first-order valence-electron chi connectivity index (χ1n) is 5.76. The Hall–Kier alpha value is -1.06. The average Bonchev–Trinajstić information content (AvgIpc) is 2.77. The Bertz CT molecular complexity index is 334. The molecule has 3 heteroatoms. The number of methoxy groups -OCH3 is 1. The molecule has 3 nitrogen and oxygen atoms in total. The summed E-state index contributed by atoms with van der Waals surface area (Å²) < 4.78 is 5.34. The van der Waals surface area contributed by atoms with Gasteiger partial charge in [-0.1, -0.05) is 12.1 Å². The Kier molecular flexibility index (Phi) is 3.46. The molecule has 1 heterocycles. The van der Waals surface area contributed by atoms with Gasteiger partial charge in [0.05, 0.1) is 12.2 Å². The second kappa shape index (κ2) is 4.85. The van der Waals surface area contributed by atoms with Crippen molar-refractivity contribution in [2.45, 2.75) is 25.6 Å². The summed E-state index contributed by atoms with van der Waals surface area (Å²) in [4.78, 5) is 2.32. The van der Waals surface area contributed by atoms with Crippen LogP contribution in [0.1, 0.15) is 25.0 Å². The van der Waals surface area contributed by atoms with E-state index in [0.29, 0.717) is 6.10 Å². The van der Waals surface area contributed by atoms with E-state index >= 15 is 0 Å². The van der Waals surface area contributed by atoms with Gasteiger partial charge in [-0.3, -0.25) is 0 Å². The van der Waals surface area contributed by atoms with Gasteiger partial charge < -0.3 is 14.7 Å². The van der Waals surface area contributed by atoms with E-state index in [1.165, 1.54) is 5.69 Å². The third-order valence-electron chi connectivity index (χ3n) is 3.22. The van der Waals surface area contributed by atoms with Gasteiger partial charge in [-0.05, 0) is 31.0 Å². The Morgan fingerprint density at radius 1 is 1.38 bits per heavy atom. The fourth-order valence-corrected chi connectivity index (χ4v) is 2.12. The highest BCUT2D eigenvalue weighted by molar-refractivity contribution is 5.48. The van der Waals surface area contributed by atoms with Crippen molar-refractivity contribution in [3.8, 4) is 0 Å². The van der Waals surface area contributed by atoms with Gasteiger partial charge in [0, 0.05) is 25.9 Å². The maximum absolute atomic E-state index is 9.43. The number of rotatable bonds is 3. The van der Waals surface area contributed by atoms with E-state index < -0.39 is 0 Å². The van der Waals surface area contributed by atoms with Crippen molar-refractivity contribution in [3.05, 3.63) is 29.8 Å². The predicted octanol–water partition coefficient (Wildman–Crippen LogP) is 1.96. The molecule has 0 saturated carbocycles. The molecule has 1 fully saturated rings.